The first-order valence-corrected chi connectivity index (χ1v) is 7.48. The molecule has 0 amide bonds. The molecule has 0 aliphatic rings. The first-order valence-electron chi connectivity index (χ1n) is 7.48. The zero-order valence-corrected chi connectivity index (χ0v) is 13.7. The van der Waals surface area contributed by atoms with Gasteiger partial charge in [-0.25, -0.2) is 0 Å². The summed E-state index contributed by atoms with van der Waals surface area (Å²) < 4.78 is 10.1. The van der Waals surface area contributed by atoms with Crippen LogP contribution in [0.2, 0.25) is 0 Å². The van der Waals surface area contributed by atoms with Crippen molar-refractivity contribution in [1.29, 1.82) is 0 Å². The first-order chi connectivity index (χ1) is 12.1. The van der Waals surface area contributed by atoms with Crippen molar-refractivity contribution in [1.82, 2.24) is 10.2 Å². The fraction of sp³-hybridized carbons (Fsp3) is 0.111. The SMILES string of the molecule is COc1ccc(-c2[nH][nH]c(=O)c2C=Nc2ccc(OC)c(O)c2)cc1. The van der Waals surface area contributed by atoms with E-state index in [-0.39, 0.29) is 11.3 Å². The van der Waals surface area contributed by atoms with Gasteiger partial charge in [0.15, 0.2) is 11.5 Å². The van der Waals surface area contributed by atoms with Crippen LogP contribution < -0.4 is 15.0 Å². The summed E-state index contributed by atoms with van der Waals surface area (Å²) in [6.07, 6.45) is 1.45. The predicted molar refractivity (Wildman–Crippen MR) is 95.3 cm³/mol. The van der Waals surface area contributed by atoms with E-state index >= 15 is 0 Å². The molecule has 3 rings (SSSR count). The van der Waals surface area contributed by atoms with Gasteiger partial charge in [-0.15, -0.1) is 0 Å². The lowest BCUT2D eigenvalue weighted by Crippen LogP contribution is -2.05. The van der Waals surface area contributed by atoms with Gasteiger partial charge in [-0.1, -0.05) is 0 Å². The molecule has 7 nitrogen and oxygen atoms in total. The van der Waals surface area contributed by atoms with Crippen LogP contribution in [0.25, 0.3) is 11.3 Å². The Kier molecular flexibility index (Phi) is 4.56. The number of nitrogens with zero attached hydrogens (tertiary/aromatic N) is 1. The molecule has 25 heavy (non-hydrogen) atoms. The second-order valence-corrected chi connectivity index (χ2v) is 5.21. The molecule has 0 spiro atoms. The monoisotopic (exact) mass is 339 g/mol. The third-order valence-corrected chi connectivity index (χ3v) is 3.70. The molecule has 0 fully saturated rings. The molecule has 0 aliphatic carbocycles. The number of hydrogen-bond acceptors (Lipinski definition) is 5. The van der Waals surface area contributed by atoms with Crippen LogP contribution in [0.1, 0.15) is 5.56 Å². The number of aromatic amines is 2. The average Bonchev–Trinajstić information content (AvgIpc) is 3.00. The first kappa shape index (κ1) is 16.4. The van der Waals surface area contributed by atoms with Crippen molar-refractivity contribution in [3.05, 3.63) is 58.4 Å². The number of H-pyrrole nitrogens is 2. The van der Waals surface area contributed by atoms with Crippen LogP contribution in [0, 0.1) is 0 Å². The van der Waals surface area contributed by atoms with Gasteiger partial charge in [-0.3, -0.25) is 20.0 Å². The molecule has 0 radical (unpaired) electrons. The van der Waals surface area contributed by atoms with Crippen LogP contribution in [0.4, 0.5) is 5.69 Å². The van der Waals surface area contributed by atoms with Gasteiger partial charge < -0.3 is 14.6 Å². The highest BCUT2D eigenvalue weighted by atomic mass is 16.5. The Morgan fingerprint density at radius 2 is 1.80 bits per heavy atom. The molecule has 0 saturated carbocycles. The summed E-state index contributed by atoms with van der Waals surface area (Å²) in [5, 5.41) is 15.2. The molecule has 0 bridgehead atoms. The Morgan fingerprint density at radius 1 is 1.04 bits per heavy atom. The summed E-state index contributed by atoms with van der Waals surface area (Å²) in [4.78, 5) is 16.3. The number of hydrogen-bond donors (Lipinski definition) is 3. The molecular formula is C18H17N3O4. The molecule has 0 atom stereocenters. The van der Waals surface area contributed by atoms with Crippen molar-refractivity contribution in [2.24, 2.45) is 4.99 Å². The van der Waals surface area contributed by atoms with E-state index in [9.17, 15) is 9.90 Å². The third-order valence-electron chi connectivity index (χ3n) is 3.70. The number of aliphatic imine (C=N–C) groups is 1. The summed E-state index contributed by atoms with van der Waals surface area (Å²) >= 11 is 0. The standard InChI is InChI=1S/C18H17N3O4/c1-24-13-6-3-11(4-7-13)17-14(18(23)21-20-17)10-19-12-5-8-16(25-2)15(22)9-12/h3-10,22H,1-2H3,(H2,20,21,23). The predicted octanol–water partition coefficient (Wildman–Crippen LogP) is 2.84. The Morgan fingerprint density at radius 3 is 2.44 bits per heavy atom. The number of aromatic hydroxyl groups is 1. The number of benzene rings is 2. The second-order valence-electron chi connectivity index (χ2n) is 5.21. The van der Waals surface area contributed by atoms with E-state index in [1.165, 1.54) is 19.4 Å². The number of aromatic nitrogens is 2. The largest absolute Gasteiger partial charge is 0.504 e. The maximum atomic E-state index is 12.1. The van der Waals surface area contributed by atoms with Crippen molar-refractivity contribution < 1.29 is 14.6 Å². The van der Waals surface area contributed by atoms with Gasteiger partial charge in [0.1, 0.15) is 5.75 Å². The molecule has 7 heteroatoms. The second kappa shape index (κ2) is 6.96. The minimum Gasteiger partial charge on any atom is -0.504 e. The lowest BCUT2D eigenvalue weighted by atomic mass is 10.1. The van der Waals surface area contributed by atoms with Crippen LogP contribution in [0.15, 0.2) is 52.3 Å². The Labute approximate surface area is 143 Å². The number of phenolic OH excluding ortho intramolecular Hbond substituents is 1. The molecular weight excluding hydrogens is 322 g/mol. The highest BCUT2D eigenvalue weighted by molar-refractivity contribution is 5.89. The highest BCUT2D eigenvalue weighted by Gasteiger charge is 2.10. The van der Waals surface area contributed by atoms with Crippen LogP contribution in [0.5, 0.6) is 17.2 Å². The fourth-order valence-corrected chi connectivity index (χ4v) is 2.37. The van der Waals surface area contributed by atoms with Gasteiger partial charge in [0, 0.05) is 17.8 Å². The van der Waals surface area contributed by atoms with Crippen LogP contribution in [0.3, 0.4) is 0 Å². The van der Waals surface area contributed by atoms with E-state index in [1.807, 2.05) is 24.3 Å². The number of ether oxygens (including phenoxy) is 2. The summed E-state index contributed by atoms with van der Waals surface area (Å²) in [5.41, 5.74) is 2.04. The Hall–Kier alpha value is -3.48. The summed E-state index contributed by atoms with van der Waals surface area (Å²) in [6.45, 7) is 0. The van der Waals surface area contributed by atoms with E-state index in [0.717, 1.165) is 11.3 Å². The van der Waals surface area contributed by atoms with E-state index < -0.39 is 0 Å². The summed E-state index contributed by atoms with van der Waals surface area (Å²) in [5.74, 6) is 1.07. The number of phenols is 1. The normalized spacial score (nSPS) is 11.0. The van der Waals surface area contributed by atoms with E-state index in [1.54, 1.807) is 19.2 Å². The smallest absolute Gasteiger partial charge is 0.273 e. The molecule has 128 valence electrons. The molecule has 3 aromatic rings. The summed E-state index contributed by atoms with van der Waals surface area (Å²) in [6, 6.07) is 12.1. The maximum absolute atomic E-state index is 12.1. The molecule has 0 saturated heterocycles. The quantitative estimate of drug-likeness (QED) is 0.622. The van der Waals surface area contributed by atoms with Gasteiger partial charge in [0.05, 0.1) is 31.2 Å². The summed E-state index contributed by atoms with van der Waals surface area (Å²) in [7, 11) is 3.06. The third kappa shape index (κ3) is 3.40. The molecule has 0 unspecified atom stereocenters. The van der Waals surface area contributed by atoms with E-state index in [2.05, 4.69) is 15.2 Å². The zero-order valence-electron chi connectivity index (χ0n) is 13.7. The van der Waals surface area contributed by atoms with Crippen molar-refractivity contribution >= 4 is 11.9 Å². The van der Waals surface area contributed by atoms with Crippen LogP contribution in [-0.2, 0) is 0 Å². The van der Waals surface area contributed by atoms with Gasteiger partial charge in [0.2, 0.25) is 0 Å². The fourth-order valence-electron chi connectivity index (χ4n) is 2.37. The molecule has 0 aliphatic heterocycles. The average molecular weight is 339 g/mol. The van der Waals surface area contributed by atoms with E-state index in [0.29, 0.717) is 22.7 Å². The molecule has 3 N–H and O–H groups in total. The topological polar surface area (TPSA) is 99.7 Å². The lowest BCUT2D eigenvalue weighted by molar-refractivity contribution is 0.373. The van der Waals surface area contributed by atoms with E-state index in [4.69, 9.17) is 9.47 Å². The van der Waals surface area contributed by atoms with Gasteiger partial charge in [-0.05, 0) is 36.4 Å². The minimum atomic E-state index is -0.285. The lowest BCUT2D eigenvalue weighted by Gasteiger charge is -2.03. The molecule has 1 heterocycles. The minimum absolute atomic E-state index is 0.0181. The van der Waals surface area contributed by atoms with Crippen molar-refractivity contribution in [3.63, 3.8) is 0 Å². The number of methoxy groups -OCH3 is 2. The zero-order chi connectivity index (χ0) is 17.8. The van der Waals surface area contributed by atoms with Crippen LogP contribution >= 0.6 is 0 Å². The van der Waals surface area contributed by atoms with Crippen LogP contribution in [-0.4, -0.2) is 35.7 Å². The van der Waals surface area contributed by atoms with Gasteiger partial charge >= 0.3 is 0 Å². The van der Waals surface area contributed by atoms with Crippen molar-refractivity contribution in [3.8, 4) is 28.5 Å². The van der Waals surface area contributed by atoms with Crippen molar-refractivity contribution in [2.45, 2.75) is 0 Å². The Bertz CT molecular complexity index is 955. The van der Waals surface area contributed by atoms with Gasteiger partial charge in [-0.2, -0.15) is 0 Å². The van der Waals surface area contributed by atoms with Gasteiger partial charge in [0.25, 0.3) is 5.56 Å². The highest BCUT2D eigenvalue weighted by Crippen LogP contribution is 2.30. The van der Waals surface area contributed by atoms with Crippen molar-refractivity contribution in [2.75, 3.05) is 14.2 Å². The molecule has 1 aromatic heterocycles. The number of nitrogens with one attached hydrogen (secondary N) is 2. The Balaban J connectivity index is 1.93. The molecule has 2 aromatic carbocycles. The maximum Gasteiger partial charge on any atom is 0.273 e. The number of rotatable bonds is 5.